The summed E-state index contributed by atoms with van der Waals surface area (Å²) < 4.78 is 0. The third-order valence-electron chi connectivity index (χ3n) is 4.01. The number of aromatic hydroxyl groups is 1. The van der Waals surface area contributed by atoms with E-state index in [-0.39, 0.29) is 5.75 Å². The van der Waals surface area contributed by atoms with Crippen LogP contribution in [0.15, 0.2) is 60.7 Å². The summed E-state index contributed by atoms with van der Waals surface area (Å²) >= 11 is 0. The first-order valence-electron chi connectivity index (χ1n) is 7.20. The lowest BCUT2D eigenvalue weighted by Gasteiger charge is -2.07. The molecule has 1 aliphatic heterocycles. The fraction of sp³-hybridized carbons (Fsp3) is 0.0526. The summed E-state index contributed by atoms with van der Waals surface area (Å²) in [5.41, 5.74) is 3.59. The number of anilines is 1. The van der Waals surface area contributed by atoms with Gasteiger partial charge in [0.1, 0.15) is 5.75 Å². The number of rotatable bonds is 1. The van der Waals surface area contributed by atoms with Gasteiger partial charge < -0.3 is 15.5 Å². The molecule has 0 saturated carbocycles. The van der Waals surface area contributed by atoms with Gasteiger partial charge in [-0.15, -0.1) is 0 Å². The molecule has 108 valence electrons. The summed E-state index contributed by atoms with van der Waals surface area (Å²) in [7, 11) is 0. The molecule has 0 radical (unpaired) electrons. The zero-order valence-electron chi connectivity index (χ0n) is 11.8. The number of hydrogen-bond acceptors (Lipinski definition) is 3. The lowest BCUT2D eigenvalue weighted by molar-refractivity contribution is 0.266. The summed E-state index contributed by atoms with van der Waals surface area (Å²) in [6, 6.07) is 19.2. The molecule has 3 aromatic carbocycles. The minimum absolute atomic E-state index is 0.249. The molecule has 3 aromatic rings. The van der Waals surface area contributed by atoms with Crippen LogP contribution in [0.3, 0.4) is 0 Å². The minimum Gasteiger partial charge on any atom is -0.507 e. The van der Waals surface area contributed by atoms with Crippen molar-refractivity contribution in [2.24, 2.45) is 0 Å². The highest BCUT2D eigenvalue weighted by atomic mass is 16.3. The topological polar surface area (TPSA) is 52.5 Å². The largest absolute Gasteiger partial charge is 0.507 e. The van der Waals surface area contributed by atoms with E-state index in [1.54, 1.807) is 6.07 Å². The third kappa shape index (κ3) is 2.03. The van der Waals surface area contributed by atoms with E-state index in [9.17, 15) is 10.2 Å². The molecule has 1 unspecified atom stereocenters. The van der Waals surface area contributed by atoms with Crippen LogP contribution in [0.5, 0.6) is 5.75 Å². The Bertz CT molecular complexity index is 899. The molecule has 1 heterocycles. The van der Waals surface area contributed by atoms with E-state index in [2.05, 4.69) is 5.32 Å². The fourth-order valence-corrected chi connectivity index (χ4v) is 2.97. The van der Waals surface area contributed by atoms with Gasteiger partial charge in [-0.1, -0.05) is 42.5 Å². The van der Waals surface area contributed by atoms with Gasteiger partial charge in [-0.3, -0.25) is 0 Å². The number of aliphatic hydroxyl groups is 1. The van der Waals surface area contributed by atoms with Crippen molar-refractivity contribution in [1.29, 1.82) is 0 Å². The van der Waals surface area contributed by atoms with Crippen molar-refractivity contribution < 1.29 is 10.2 Å². The monoisotopic (exact) mass is 289 g/mol. The molecule has 0 fully saturated rings. The Morgan fingerprint density at radius 1 is 0.955 bits per heavy atom. The van der Waals surface area contributed by atoms with Gasteiger partial charge in [0.05, 0.1) is 0 Å². The Morgan fingerprint density at radius 2 is 1.73 bits per heavy atom. The molecule has 0 saturated heterocycles. The number of benzene rings is 3. The average molecular weight is 289 g/mol. The van der Waals surface area contributed by atoms with Crippen molar-refractivity contribution in [1.82, 2.24) is 0 Å². The van der Waals surface area contributed by atoms with Crippen LogP contribution in [-0.2, 0) is 0 Å². The van der Waals surface area contributed by atoms with Crippen LogP contribution >= 0.6 is 0 Å². The molecule has 1 aliphatic rings. The molecule has 0 aliphatic carbocycles. The maximum Gasteiger partial charge on any atom is 0.151 e. The molecule has 3 N–H and O–H groups in total. The highest BCUT2D eigenvalue weighted by molar-refractivity contribution is 5.97. The van der Waals surface area contributed by atoms with Crippen LogP contribution in [0, 0.1) is 0 Å². The first-order chi connectivity index (χ1) is 10.7. The van der Waals surface area contributed by atoms with Crippen molar-refractivity contribution in [3.8, 4) is 5.75 Å². The lowest BCUT2D eigenvalue weighted by Crippen LogP contribution is -2.12. The quantitative estimate of drug-likeness (QED) is 0.638. The number of hydrogen-bond donors (Lipinski definition) is 3. The summed E-state index contributed by atoms with van der Waals surface area (Å²) in [5, 5.41) is 25.2. The van der Waals surface area contributed by atoms with Crippen LogP contribution in [0.2, 0.25) is 0 Å². The van der Waals surface area contributed by atoms with Gasteiger partial charge in [0.25, 0.3) is 0 Å². The van der Waals surface area contributed by atoms with E-state index in [0.29, 0.717) is 0 Å². The SMILES string of the molecule is Oc1cc(C=C2c3ccccc3NC2O)cc2ccccc12. The first kappa shape index (κ1) is 12.9. The van der Waals surface area contributed by atoms with Gasteiger partial charge in [-0.05, 0) is 35.2 Å². The van der Waals surface area contributed by atoms with Crippen molar-refractivity contribution in [2.75, 3.05) is 5.32 Å². The maximum absolute atomic E-state index is 10.2. The van der Waals surface area contributed by atoms with Crippen LogP contribution in [0.1, 0.15) is 11.1 Å². The number of nitrogens with one attached hydrogen (secondary N) is 1. The number of fused-ring (bicyclic) bond motifs is 2. The van der Waals surface area contributed by atoms with Gasteiger partial charge in [-0.25, -0.2) is 0 Å². The number of phenolic OH excluding ortho intramolecular Hbond substituents is 1. The number of para-hydroxylation sites is 1. The Morgan fingerprint density at radius 3 is 2.64 bits per heavy atom. The lowest BCUT2D eigenvalue weighted by atomic mass is 10.0. The molecule has 3 heteroatoms. The van der Waals surface area contributed by atoms with Crippen LogP contribution < -0.4 is 5.32 Å². The van der Waals surface area contributed by atoms with Crippen LogP contribution in [-0.4, -0.2) is 16.4 Å². The summed E-state index contributed by atoms with van der Waals surface area (Å²) in [5.74, 6) is 0.249. The molecule has 0 aromatic heterocycles. The van der Waals surface area contributed by atoms with Crippen molar-refractivity contribution >= 4 is 28.1 Å². The smallest absolute Gasteiger partial charge is 0.151 e. The molecule has 0 amide bonds. The normalized spacial score (nSPS) is 18.4. The summed E-state index contributed by atoms with van der Waals surface area (Å²) in [4.78, 5) is 0. The second-order valence-corrected chi connectivity index (χ2v) is 5.45. The van der Waals surface area contributed by atoms with E-state index in [4.69, 9.17) is 0 Å². The molecule has 0 bridgehead atoms. The first-order valence-corrected chi connectivity index (χ1v) is 7.20. The highest BCUT2D eigenvalue weighted by Gasteiger charge is 2.23. The maximum atomic E-state index is 10.2. The summed E-state index contributed by atoms with van der Waals surface area (Å²) in [6.45, 7) is 0. The predicted molar refractivity (Wildman–Crippen MR) is 89.6 cm³/mol. The van der Waals surface area contributed by atoms with Gasteiger partial charge in [-0.2, -0.15) is 0 Å². The van der Waals surface area contributed by atoms with Gasteiger partial charge in [0, 0.05) is 22.2 Å². The second-order valence-electron chi connectivity index (χ2n) is 5.45. The number of aliphatic hydroxyl groups excluding tert-OH is 1. The second kappa shape index (κ2) is 4.90. The zero-order chi connectivity index (χ0) is 15.1. The Hall–Kier alpha value is -2.78. The molecule has 0 spiro atoms. The van der Waals surface area contributed by atoms with E-state index < -0.39 is 6.23 Å². The van der Waals surface area contributed by atoms with Crippen molar-refractivity contribution in [3.05, 3.63) is 71.8 Å². The molecular weight excluding hydrogens is 274 g/mol. The molecule has 1 atom stereocenters. The standard InChI is InChI=1S/C19H15NO2/c21-18-11-12(9-13-5-1-2-6-14(13)18)10-16-15-7-3-4-8-17(15)20-19(16)22/h1-11,19-22H. The molecule has 3 nitrogen and oxygen atoms in total. The van der Waals surface area contributed by atoms with Crippen LogP contribution in [0.25, 0.3) is 22.4 Å². The minimum atomic E-state index is -0.731. The van der Waals surface area contributed by atoms with E-state index in [0.717, 1.165) is 33.2 Å². The fourth-order valence-electron chi connectivity index (χ4n) is 2.97. The number of phenols is 1. The summed E-state index contributed by atoms with van der Waals surface area (Å²) in [6.07, 6.45) is 1.18. The molecular formula is C19H15NO2. The third-order valence-corrected chi connectivity index (χ3v) is 4.01. The van der Waals surface area contributed by atoms with Gasteiger partial charge >= 0.3 is 0 Å². The molecule has 4 rings (SSSR count). The van der Waals surface area contributed by atoms with Crippen molar-refractivity contribution in [3.63, 3.8) is 0 Å². The zero-order valence-corrected chi connectivity index (χ0v) is 11.8. The Labute approximate surface area is 128 Å². The van der Waals surface area contributed by atoms with Crippen molar-refractivity contribution in [2.45, 2.75) is 6.23 Å². The Kier molecular flexibility index (Phi) is 2.88. The van der Waals surface area contributed by atoms with Gasteiger partial charge in [0.2, 0.25) is 0 Å². The predicted octanol–water partition coefficient (Wildman–Crippen LogP) is 3.83. The van der Waals surface area contributed by atoms with E-state index in [1.165, 1.54) is 0 Å². The Balaban J connectivity index is 1.86. The highest BCUT2D eigenvalue weighted by Crippen LogP contribution is 2.36. The average Bonchev–Trinajstić information content (AvgIpc) is 2.84. The van der Waals surface area contributed by atoms with E-state index in [1.807, 2.05) is 60.7 Å². The van der Waals surface area contributed by atoms with Gasteiger partial charge in [0.15, 0.2) is 6.23 Å². The molecule has 22 heavy (non-hydrogen) atoms. The van der Waals surface area contributed by atoms with Crippen LogP contribution in [0.4, 0.5) is 5.69 Å². The van der Waals surface area contributed by atoms with E-state index >= 15 is 0 Å².